The Balaban J connectivity index is 2.48. The van der Waals surface area contributed by atoms with E-state index in [9.17, 15) is 4.79 Å². The Bertz CT molecular complexity index is 424. The molecule has 0 bridgehead atoms. The lowest BCUT2D eigenvalue weighted by molar-refractivity contribution is 0.0934. The van der Waals surface area contributed by atoms with Crippen molar-refractivity contribution < 1.29 is 9.53 Å². The standard InChI is InChI=1S/C13H17NO2/c1-8(2)14-11-7-9(3)6-10-12(15)4-5-16-13(10)11/h6-8,14H,4-5H2,1-3H3. The molecule has 0 aromatic heterocycles. The predicted molar refractivity (Wildman–Crippen MR) is 64.4 cm³/mol. The lowest BCUT2D eigenvalue weighted by Crippen LogP contribution is -2.19. The molecule has 0 saturated heterocycles. The minimum absolute atomic E-state index is 0.178. The molecule has 0 atom stereocenters. The number of hydrogen-bond donors (Lipinski definition) is 1. The minimum Gasteiger partial charge on any atom is -0.490 e. The topological polar surface area (TPSA) is 38.3 Å². The molecule has 1 aromatic rings. The van der Waals surface area contributed by atoms with E-state index in [1.807, 2.05) is 19.1 Å². The van der Waals surface area contributed by atoms with Crippen LogP contribution in [-0.2, 0) is 0 Å². The van der Waals surface area contributed by atoms with Gasteiger partial charge in [0, 0.05) is 12.5 Å². The summed E-state index contributed by atoms with van der Waals surface area (Å²) in [5.41, 5.74) is 2.73. The van der Waals surface area contributed by atoms with Gasteiger partial charge in [-0.3, -0.25) is 4.79 Å². The van der Waals surface area contributed by atoms with Crippen molar-refractivity contribution in [3.8, 4) is 5.75 Å². The number of fused-ring (bicyclic) bond motifs is 1. The van der Waals surface area contributed by atoms with Crippen LogP contribution in [0.5, 0.6) is 5.75 Å². The fraction of sp³-hybridized carbons (Fsp3) is 0.462. The first-order chi connectivity index (χ1) is 7.58. The molecule has 1 aliphatic rings. The summed E-state index contributed by atoms with van der Waals surface area (Å²) in [5.74, 6) is 0.896. The van der Waals surface area contributed by atoms with Gasteiger partial charge in [-0.15, -0.1) is 0 Å². The van der Waals surface area contributed by atoms with Crippen LogP contribution in [0.4, 0.5) is 5.69 Å². The van der Waals surface area contributed by atoms with Crippen LogP contribution in [0.2, 0.25) is 0 Å². The fourth-order valence-corrected chi connectivity index (χ4v) is 1.93. The molecule has 3 heteroatoms. The Morgan fingerprint density at radius 1 is 1.38 bits per heavy atom. The Labute approximate surface area is 95.8 Å². The number of hydrogen-bond acceptors (Lipinski definition) is 3. The van der Waals surface area contributed by atoms with Crippen molar-refractivity contribution in [1.82, 2.24) is 0 Å². The summed E-state index contributed by atoms with van der Waals surface area (Å²) in [4.78, 5) is 11.8. The molecule has 0 amide bonds. The molecule has 2 rings (SSSR count). The van der Waals surface area contributed by atoms with E-state index in [-0.39, 0.29) is 5.78 Å². The SMILES string of the molecule is Cc1cc(NC(C)C)c2c(c1)C(=O)CCO2. The van der Waals surface area contributed by atoms with Crippen LogP contribution in [-0.4, -0.2) is 18.4 Å². The second-order valence-corrected chi connectivity index (χ2v) is 4.51. The summed E-state index contributed by atoms with van der Waals surface area (Å²) < 4.78 is 5.60. The summed E-state index contributed by atoms with van der Waals surface area (Å²) in [6.45, 7) is 6.62. The van der Waals surface area contributed by atoms with Gasteiger partial charge in [-0.25, -0.2) is 0 Å². The highest BCUT2D eigenvalue weighted by molar-refractivity contribution is 6.01. The maximum atomic E-state index is 11.8. The highest BCUT2D eigenvalue weighted by Gasteiger charge is 2.22. The molecular weight excluding hydrogens is 202 g/mol. The molecule has 16 heavy (non-hydrogen) atoms. The van der Waals surface area contributed by atoms with Gasteiger partial charge in [-0.05, 0) is 38.5 Å². The molecule has 86 valence electrons. The van der Waals surface area contributed by atoms with Crippen molar-refractivity contribution >= 4 is 11.5 Å². The van der Waals surface area contributed by atoms with Crippen molar-refractivity contribution in [3.63, 3.8) is 0 Å². The lowest BCUT2D eigenvalue weighted by atomic mass is 10.0. The number of ether oxygens (including phenoxy) is 1. The van der Waals surface area contributed by atoms with Gasteiger partial charge >= 0.3 is 0 Å². The van der Waals surface area contributed by atoms with Crippen LogP contribution in [0.15, 0.2) is 12.1 Å². The van der Waals surface area contributed by atoms with Gasteiger partial charge in [0.05, 0.1) is 17.9 Å². The van der Waals surface area contributed by atoms with Gasteiger partial charge in [0.2, 0.25) is 0 Å². The predicted octanol–water partition coefficient (Wildman–Crippen LogP) is 2.78. The van der Waals surface area contributed by atoms with Crippen LogP contribution in [0.25, 0.3) is 0 Å². The average Bonchev–Trinajstić information content (AvgIpc) is 2.18. The van der Waals surface area contributed by atoms with Gasteiger partial charge < -0.3 is 10.1 Å². The van der Waals surface area contributed by atoms with E-state index in [4.69, 9.17) is 4.74 Å². The molecule has 1 aliphatic heterocycles. The Morgan fingerprint density at radius 2 is 2.12 bits per heavy atom. The number of ketones is 1. The van der Waals surface area contributed by atoms with Crippen LogP contribution in [0.3, 0.4) is 0 Å². The van der Waals surface area contributed by atoms with Crippen molar-refractivity contribution in [2.75, 3.05) is 11.9 Å². The summed E-state index contributed by atoms with van der Waals surface area (Å²) in [6, 6.07) is 4.26. The quantitative estimate of drug-likeness (QED) is 0.831. The molecule has 3 nitrogen and oxygen atoms in total. The number of Topliss-reactive ketones (excluding diaryl/α,β-unsaturated/α-hetero) is 1. The Hall–Kier alpha value is -1.51. The van der Waals surface area contributed by atoms with Crippen molar-refractivity contribution in [2.45, 2.75) is 33.2 Å². The van der Waals surface area contributed by atoms with Crippen LogP contribution in [0, 0.1) is 6.92 Å². The zero-order valence-corrected chi connectivity index (χ0v) is 9.96. The van der Waals surface area contributed by atoms with E-state index in [0.717, 1.165) is 22.6 Å². The van der Waals surface area contributed by atoms with Crippen molar-refractivity contribution in [3.05, 3.63) is 23.3 Å². The van der Waals surface area contributed by atoms with Crippen molar-refractivity contribution in [1.29, 1.82) is 0 Å². The largest absolute Gasteiger partial charge is 0.490 e. The van der Waals surface area contributed by atoms with Gasteiger partial charge in [-0.2, -0.15) is 0 Å². The molecule has 0 radical (unpaired) electrons. The monoisotopic (exact) mass is 219 g/mol. The van der Waals surface area contributed by atoms with E-state index in [1.165, 1.54) is 0 Å². The third kappa shape index (κ3) is 2.03. The highest BCUT2D eigenvalue weighted by atomic mass is 16.5. The van der Waals surface area contributed by atoms with Crippen LogP contribution < -0.4 is 10.1 Å². The van der Waals surface area contributed by atoms with E-state index in [2.05, 4.69) is 19.2 Å². The second-order valence-electron chi connectivity index (χ2n) is 4.51. The molecule has 1 aromatic carbocycles. The number of rotatable bonds is 2. The number of anilines is 1. The third-order valence-electron chi connectivity index (χ3n) is 2.55. The zero-order valence-electron chi connectivity index (χ0n) is 9.96. The molecule has 0 fully saturated rings. The molecule has 1 heterocycles. The molecule has 0 unspecified atom stereocenters. The Morgan fingerprint density at radius 3 is 2.81 bits per heavy atom. The molecule has 0 spiro atoms. The molecule has 0 aliphatic carbocycles. The van der Waals surface area contributed by atoms with E-state index in [0.29, 0.717) is 19.1 Å². The van der Waals surface area contributed by atoms with Crippen molar-refractivity contribution in [2.24, 2.45) is 0 Å². The number of aryl methyl sites for hydroxylation is 1. The van der Waals surface area contributed by atoms with Gasteiger partial charge in [0.25, 0.3) is 0 Å². The lowest BCUT2D eigenvalue weighted by Gasteiger charge is -2.22. The number of carbonyl (C=O) groups excluding carboxylic acids is 1. The van der Waals surface area contributed by atoms with Gasteiger partial charge in [0.1, 0.15) is 0 Å². The first kappa shape index (κ1) is 11.0. The third-order valence-corrected chi connectivity index (χ3v) is 2.55. The van der Waals surface area contributed by atoms with Crippen LogP contribution >= 0.6 is 0 Å². The summed E-state index contributed by atoms with van der Waals surface area (Å²) in [7, 11) is 0. The fourth-order valence-electron chi connectivity index (χ4n) is 1.93. The smallest absolute Gasteiger partial charge is 0.170 e. The maximum absolute atomic E-state index is 11.8. The maximum Gasteiger partial charge on any atom is 0.170 e. The van der Waals surface area contributed by atoms with Gasteiger partial charge in [0.15, 0.2) is 11.5 Å². The van der Waals surface area contributed by atoms with Crippen LogP contribution in [0.1, 0.15) is 36.2 Å². The Kier molecular flexibility index (Phi) is 2.86. The molecule has 0 saturated carbocycles. The first-order valence-corrected chi connectivity index (χ1v) is 5.65. The summed E-state index contributed by atoms with van der Waals surface area (Å²) in [6.07, 6.45) is 0.484. The minimum atomic E-state index is 0.178. The van der Waals surface area contributed by atoms with Gasteiger partial charge in [-0.1, -0.05) is 0 Å². The number of carbonyl (C=O) groups is 1. The van der Waals surface area contributed by atoms with E-state index in [1.54, 1.807) is 0 Å². The second kappa shape index (κ2) is 4.16. The normalized spacial score (nSPS) is 14.6. The molecular formula is C13H17NO2. The zero-order chi connectivity index (χ0) is 11.7. The summed E-state index contributed by atoms with van der Waals surface area (Å²) >= 11 is 0. The average molecular weight is 219 g/mol. The highest BCUT2D eigenvalue weighted by Crippen LogP contribution is 2.34. The molecule has 1 N–H and O–H groups in total. The van der Waals surface area contributed by atoms with E-state index >= 15 is 0 Å². The summed E-state index contributed by atoms with van der Waals surface area (Å²) in [5, 5.41) is 3.32. The number of nitrogens with one attached hydrogen (secondary N) is 1. The number of benzene rings is 1. The van der Waals surface area contributed by atoms with E-state index < -0.39 is 0 Å². The first-order valence-electron chi connectivity index (χ1n) is 5.65.